The molecule has 0 aliphatic heterocycles. The number of rotatable bonds is 5. The Labute approximate surface area is 110 Å². The van der Waals surface area contributed by atoms with E-state index in [0.29, 0.717) is 5.56 Å². The van der Waals surface area contributed by atoms with Crippen LogP contribution in [0.2, 0.25) is 0 Å². The van der Waals surface area contributed by atoms with Crippen molar-refractivity contribution in [3.05, 3.63) is 35.4 Å². The monoisotopic (exact) mass is 296 g/mol. The molecule has 19 heavy (non-hydrogen) atoms. The van der Waals surface area contributed by atoms with Gasteiger partial charge in [0.2, 0.25) is 0 Å². The van der Waals surface area contributed by atoms with E-state index in [1.807, 2.05) is 6.92 Å². The number of aryl methyl sites for hydroxylation is 1. The summed E-state index contributed by atoms with van der Waals surface area (Å²) in [7, 11) is -5.57. The maximum Gasteiger partial charge on any atom is 0.523 e. The second kappa shape index (κ2) is 5.92. The Morgan fingerprint density at radius 1 is 1.21 bits per heavy atom. The Morgan fingerprint density at radius 3 is 2.16 bits per heavy atom. The van der Waals surface area contributed by atoms with Crippen LogP contribution < -0.4 is 0 Å². The molecule has 3 nitrogen and oxygen atoms in total. The van der Waals surface area contributed by atoms with E-state index in [0.717, 1.165) is 18.4 Å². The van der Waals surface area contributed by atoms with Crippen LogP contribution in [0.25, 0.3) is 0 Å². The highest BCUT2D eigenvalue weighted by molar-refractivity contribution is 7.87. The van der Waals surface area contributed by atoms with E-state index in [-0.39, 0.29) is 0 Å². The van der Waals surface area contributed by atoms with E-state index in [9.17, 15) is 21.6 Å². The van der Waals surface area contributed by atoms with Gasteiger partial charge in [-0.05, 0) is 24.5 Å². The van der Waals surface area contributed by atoms with Crippen LogP contribution in [0.3, 0.4) is 0 Å². The fraction of sp³-hybridized carbons (Fsp3) is 0.500. The van der Waals surface area contributed by atoms with Gasteiger partial charge in [-0.15, -0.1) is 0 Å². The van der Waals surface area contributed by atoms with Crippen molar-refractivity contribution in [2.75, 3.05) is 0 Å². The molecule has 0 amide bonds. The lowest BCUT2D eigenvalue weighted by Crippen LogP contribution is -2.26. The minimum absolute atomic E-state index is 0.382. The summed E-state index contributed by atoms with van der Waals surface area (Å²) in [5.41, 5.74) is -3.98. The molecule has 1 aromatic rings. The molecular weight excluding hydrogens is 281 g/mol. The smallest absolute Gasteiger partial charge is 0.255 e. The lowest BCUT2D eigenvalue weighted by atomic mass is 10.1. The van der Waals surface area contributed by atoms with Gasteiger partial charge >= 0.3 is 15.6 Å². The molecule has 0 bridgehead atoms. The van der Waals surface area contributed by atoms with E-state index in [1.165, 1.54) is 6.92 Å². The summed E-state index contributed by atoms with van der Waals surface area (Å²) in [6, 6.07) is 6.64. The maximum absolute atomic E-state index is 12.2. The molecule has 108 valence electrons. The van der Waals surface area contributed by atoms with Crippen molar-refractivity contribution in [1.82, 2.24) is 0 Å². The minimum Gasteiger partial charge on any atom is -0.255 e. The van der Waals surface area contributed by atoms with Gasteiger partial charge in [0.25, 0.3) is 0 Å². The average Bonchev–Trinajstić information content (AvgIpc) is 2.28. The van der Waals surface area contributed by atoms with Crippen molar-refractivity contribution in [2.45, 2.75) is 38.3 Å². The topological polar surface area (TPSA) is 43.4 Å². The second-order valence-electron chi connectivity index (χ2n) is 4.13. The maximum atomic E-state index is 12.2. The predicted octanol–water partition coefficient (Wildman–Crippen LogP) is 3.57. The standard InChI is InChI=1S/C12H15F3O3S/c1-3-4-10-5-7-11(8-6-10)9(2)18-19(16,17)12(13,14)15/h5-9H,3-4H2,1-2H3. The van der Waals surface area contributed by atoms with Crippen LogP contribution in [0, 0.1) is 0 Å². The van der Waals surface area contributed by atoms with Crippen LogP contribution in [-0.2, 0) is 20.7 Å². The Kier molecular flexibility index (Phi) is 4.98. The lowest BCUT2D eigenvalue weighted by molar-refractivity contribution is -0.0569. The molecule has 0 radical (unpaired) electrons. The molecule has 0 saturated carbocycles. The van der Waals surface area contributed by atoms with Gasteiger partial charge in [0.1, 0.15) is 0 Å². The highest BCUT2D eigenvalue weighted by Crippen LogP contribution is 2.30. The number of alkyl halides is 3. The Hall–Kier alpha value is -1.08. The second-order valence-corrected chi connectivity index (χ2v) is 5.69. The van der Waals surface area contributed by atoms with Crippen LogP contribution >= 0.6 is 0 Å². The summed E-state index contributed by atoms with van der Waals surface area (Å²) in [6.45, 7) is 3.27. The summed E-state index contributed by atoms with van der Waals surface area (Å²) in [5, 5.41) is 0. The van der Waals surface area contributed by atoms with Crippen molar-refractivity contribution in [3.63, 3.8) is 0 Å². The zero-order valence-electron chi connectivity index (χ0n) is 10.6. The first-order chi connectivity index (χ1) is 8.67. The number of benzene rings is 1. The summed E-state index contributed by atoms with van der Waals surface area (Å²) in [6.07, 6.45) is 0.631. The SMILES string of the molecule is CCCc1ccc(C(C)OS(=O)(=O)C(F)(F)F)cc1. The molecule has 0 fully saturated rings. The molecule has 0 spiro atoms. The van der Waals surface area contributed by atoms with Gasteiger partial charge in [-0.2, -0.15) is 21.6 Å². The van der Waals surface area contributed by atoms with Crippen LogP contribution in [0.1, 0.15) is 37.5 Å². The highest BCUT2D eigenvalue weighted by Gasteiger charge is 2.48. The van der Waals surface area contributed by atoms with Crippen LogP contribution in [0.5, 0.6) is 0 Å². The van der Waals surface area contributed by atoms with Gasteiger partial charge in [0, 0.05) is 0 Å². The van der Waals surface area contributed by atoms with Gasteiger partial charge < -0.3 is 0 Å². The van der Waals surface area contributed by atoms with Crippen molar-refractivity contribution >= 4 is 10.1 Å². The third-order valence-electron chi connectivity index (χ3n) is 2.54. The molecule has 0 saturated heterocycles. The fourth-order valence-corrected chi connectivity index (χ4v) is 2.14. The summed E-state index contributed by atoms with van der Waals surface area (Å²) < 4.78 is 62.3. The van der Waals surface area contributed by atoms with E-state index < -0.39 is 21.7 Å². The van der Waals surface area contributed by atoms with Crippen molar-refractivity contribution < 1.29 is 25.8 Å². The van der Waals surface area contributed by atoms with Crippen molar-refractivity contribution in [3.8, 4) is 0 Å². The van der Waals surface area contributed by atoms with E-state index >= 15 is 0 Å². The molecule has 0 aliphatic carbocycles. The molecule has 1 atom stereocenters. The summed E-state index contributed by atoms with van der Waals surface area (Å²) >= 11 is 0. The first-order valence-corrected chi connectivity index (χ1v) is 7.16. The minimum atomic E-state index is -5.57. The number of halogens is 3. The number of hydrogen-bond acceptors (Lipinski definition) is 3. The Morgan fingerprint density at radius 2 is 1.74 bits per heavy atom. The first-order valence-electron chi connectivity index (χ1n) is 5.75. The van der Waals surface area contributed by atoms with Crippen molar-refractivity contribution in [1.29, 1.82) is 0 Å². The third-order valence-corrected chi connectivity index (χ3v) is 3.65. The Bertz CT molecular complexity index is 506. The highest BCUT2D eigenvalue weighted by atomic mass is 32.2. The molecule has 1 unspecified atom stereocenters. The largest absolute Gasteiger partial charge is 0.523 e. The predicted molar refractivity (Wildman–Crippen MR) is 64.9 cm³/mol. The van der Waals surface area contributed by atoms with Gasteiger partial charge in [0.15, 0.2) is 0 Å². The van der Waals surface area contributed by atoms with Gasteiger partial charge in [0.05, 0.1) is 6.10 Å². The zero-order chi connectivity index (χ0) is 14.7. The molecule has 7 heteroatoms. The van der Waals surface area contributed by atoms with Gasteiger partial charge in [-0.1, -0.05) is 37.6 Å². The number of hydrogen-bond donors (Lipinski definition) is 0. The van der Waals surface area contributed by atoms with E-state index in [1.54, 1.807) is 24.3 Å². The molecule has 1 rings (SSSR count). The van der Waals surface area contributed by atoms with E-state index in [4.69, 9.17) is 0 Å². The quantitative estimate of drug-likeness (QED) is 0.616. The lowest BCUT2D eigenvalue weighted by Gasteiger charge is -2.15. The van der Waals surface area contributed by atoms with Gasteiger partial charge in [-0.3, -0.25) is 4.18 Å². The molecule has 0 aromatic heterocycles. The molecule has 0 heterocycles. The normalized spacial score (nSPS) is 14.4. The van der Waals surface area contributed by atoms with E-state index in [2.05, 4.69) is 4.18 Å². The fourth-order valence-electron chi connectivity index (χ4n) is 1.54. The summed E-state index contributed by atoms with van der Waals surface area (Å²) in [5.74, 6) is 0. The zero-order valence-corrected chi connectivity index (χ0v) is 11.4. The van der Waals surface area contributed by atoms with Crippen LogP contribution in [0.15, 0.2) is 24.3 Å². The van der Waals surface area contributed by atoms with Crippen LogP contribution in [0.4, 0.5) is 13.2 Å². The molecule has 0 aliphatic rings. The summed E-state index contributed by atoms with van der Waals surface area (Å²) in [4.78, 5) is 0. The van der Waals surface area contributed by atoms with Crippen molar-refractivity contribution in [2.24, 2.45) is 0 Å². The Balaban J connectivity index is 2.81. The first kappa shape index (κ1) is 16.0. The van der Waals surface area contributed by atoms with Gasteiger partial charge in [-0.25, -0.2) is 0 Å². The third kappa shape index (κ3) is 4.21. The molecular formula is C12H15F3O3S. The average molecular weight is 296 g/mol. The molecule has 1 aromatic carbocycles. The van der Waals surface area contributed by atoms with Crippen LogP contribution in [-0.4, -0.2) is 13.9 Å². The molecule has 0 N–H and O–H groups in total.